The second-order valence-electron chi connectivity index (χ2n) is 4.45. The molecule has 3 N–H and O–H groups in total. The summed E-state index contributed by atoms with van der Waals surface area (Å²) < 4.78 is 5.37. The maximum Gasteiger partial charge on any atom is 0.218 e. The topological polar surface area (TPSA) is 73.1 Å². The van der Waals surface area contributed by atoms with Gasteiger partial charge in [0.15, 0.2) is 0 Å². The Morgan fingerprint density at radius 1 is 1.53 bits per heavy atom. The highest BCUT2D eigenvalue weighted by molar-refractivity contribution is 5.38. The predicted molar refractivity (Wildman–Crippen MR) is 67.1 cm³/mol. The molecule has 2 rings (SSSR count). The van der Waals surface area contributed by atoms with Crippen molar-refractivity contribution in [2.45, 2.75) is 32.7 Å². The smallest absolute Gasteiger partial charge is 0.218 e. The molecule has 0 spiro atoms. The second kappa shape index (κ2) is 5.31. The molecule has 0 bridgehead atoms. The van der Waals surface area contributed by atoms with E-state index < -0.39 is 0 Å². The molecule has 0 amide bonds. The number of anilines is 1. The van der Waals surface area contributed by atoms with Gasteiger partial charge in [0.2, 0.25) is 5.88 Å². The molecule has 0 aliphatic heterocycles. The molecule has 0 aromatic carbocycles. The average molecular weight is 236 g/mol. The molecule has 1 aliphatic rings. The van der Waals surface area contributed by atoms with E-state index in [0.29, 0.717) is 24.2 Å². The lowest BCUT2D eigenvalue weighted by atomic mass is 10.2. The minimum absolute atomic E-state index is 0.223. The summed E-state index contributed by atoms with van der Waals surface area (Å²) in [5, 5.41) is 3.25. The zero-order chi connectivity index (χ0) is 12.3. The largest absolute Gasteiger partial charge is 0.478 e. The van der Waals surface area contributed by atoms with Crippen LogP contribution in [-0.4, -0.2) is 29.2 Å². The van der Waals surface area contributed by atoms with Crippen LogP contribution in [0.4, 0.5) is 5.82 Å². The normalized spacial score (nSPS) is 16.6. The van der Waals surface area contributed by atoms with E-state index in [0.717, 1.165) is 12.4 Å². The lowest BCUT2D eigenvalue weighted by molar-refractivity contribution is 0.325. The van der Waals surface area contributed by atoms with Gasteiger partial charge >= 0.3 is 0 Å². The van der Waals surface area contributed by atoms with Gasteiger partial charge < -0.3 is 15.8 Å². The van der Waals surface area contributed by atoms with E-state index in [-0.39, 0.29) is 6.04 Å². The van der Waals surface area contributed by atoms with Crippen LogP contribution in [0, 0.1) is 12.8 Å². The number of ether oxygens (including phenoxy) is 1. The Morgan fingerprint density at radius 3 is 2.94 bits per heavy atom. The molecule has 1 aromatic heterocycles. The third-order valence-corrected chi connectivity index (χ3v) is 2.85. The predicted octanol–water partition coefficient (Wildman–Crippen LogP) is 1.33. The molecule has 1 saturated carbocycles. The maximum atomic E-state index is 6.02. The van der Waals surface area contributed by atoms with Crippen LogP contribution in [-0.2, 0) is 0 Å². The van der Waals surface area contributed by atoms with Crippen LogP contribution in [0.25, 0.3) is 0 Å². The Kier molecular flexibility index (Phi) is 3.78. The quantitative estimate of drug-likeness (QED) is 0.779. The van der Waals surface area contributed by atoms with Crippen LogP contribution in [0.2, 0.25) is 0 Å². The van der Waals surface area contributed by atoms with E-state index in [1.54, 1.807) is 0 Å². The molecule has 1 aromatic rings. The van der Waals surface area contributed by atoms with Crippen molar-refractivity contribution >= 4 is 5.82 Å². The lowest BCUT2D eigenvalue weighted by Gasteiger charge is -2.13. The van der Waals surface area contributed by atoms with Crippen LogP contribution >= 0.6 is 0 Å². The van der Waals surface area contributed by atoms with E-state index in [4.69, 9.17) is 10.5 Å². The Labute approximate surface area is 102 Å². The van der Waals surface area contributed by atoms with Gasteiger partial charge in [-0.25, -0.2) is 4.98 Å². The summed E-state index contributed by atoms with van der Waals surface area (Å²) in [6.45, 7) is 5.16. The van der Waals surface area contributed by atoms with Gasteiger partial charge in [-0.3, -0.25) is 0 Å². The van der Waals surface area contributed by atoms with Gasteiger partial charge in [-0.1, -0.05) is 0 Å². The molecular formula is C12H20N4O. The second-order valence-corrected chi connectivity index (χ2v) is 4.45. The SMILES string of the molecule is CCOc1cc(NCC(N)C2CC2)nc(C)n1. The van der Waals surface area contributed by atoms with Gasteiger partial charge in [0, 0.05) is 18.7 Å². The first-order valence-corrected chi connectivity index (χ1v) is 6.17. The Balaban J connectivity index is 1.94. The van der Waals surface area contributed by atoms with Gasteiger partial charge in [0.1, 0.15) is 11.6 Å². The molecule has 17 heavy (non-hydrogen) atoms. The Hall–Kier alpha value is -1.36. The van der Waals surface area contributed by atoms with E-state index in [2.05, 4.69) is 15.3 Å². The fraction of sp³-hybridized carbons (Fsp3) is 0.667. The van der Waals surface area contributed by atoms with E-state index in [9.17, 15) is 0 Å². The van der Waals surface area contributed by atoms with Crippen molar-refractivity contribution in [2.75, 3.05) is 18.5 Å². The van der Waals surface area contributed by atoms with E-state index >= 15 is 0 Å². The van der Waals surface area contributed by atoms with E-state index in [1.165, 1.54) is 12.8 Å². The van der Waals surface area contributed by atoms with Crippen LogP contribution in [0.3, 0.4) is 0 Å². The van der Waals surface area contributed by atoms with Gasteiger partial charge in [-0.15, -0.1) is 0 Å². The van der Waals surface area contributed by atoms with Gasteiger partial charge in [0.05, 0.1) is 6.61 Å². The fourth-order valence-electron chi connectivity index (χ4n) is 1.77. The van der Waals surface area contributed by atoms with Gasteiger partial charge in [-0.05, 0) is 32.6 Å². The highest BCUT2D eigenvalue weighted by Gasteiger charge is 2.28. The Bertz CT molecular complexity index is 379. The zero-order valence-corrected chi connectivity index (χ0v) is 10.4. The minimum Gasteiger partial charge on any atom is -0.478 e. The van der Waals surface area contributed by atoms with Crippen LogP contribution in [0.5, 0.6) is 5.88 Å². The minimum atomic E-state index is 0.223. The number of nitrogens with zero attached hydrogens (tertiary/aromatic N) is 2. The summed E-state index contributed by atoms with van der Waals surface area (Å²) >= 11 is 0. The molecule has 94 valence electrons. The molecule has 1 heterocycles. The summed E-state index contributed by atoms with van der Waals surface area (Å²) in [7, 11) is 0. The number of rotatable bonds is 6. The van der Waals surface area contributed by atoms with Crippen molar-refractivity contribution in [2.24, 2.45) is 11.7 Å². The third kappa shape index (κ3) is 3.56. The number of aryl methyl sites for hydroxylation is 1. The highest BCUT2D eigenvalue weighted by atomic mass is 16.5. The molecule has 0 saturated heterocycles. The molecular weight excluding hydrogens is 216 g/mol. The maximum absolute atomic E-state index is 6.02. The van der Waals surface area contributed by atoms with Gasteiger partial charge in [-0.2, -0.15) is 4.98 Å². The van der Waals surface area contributed by atoms with Crippen molar-refractivity contribution in [3.8, 4) is 5.88 Å². The standard InChI is InChI=1S/C12H20N4O/c1-3-17-12-6-11(15-8(2)16-12)14-7-10(13)9-4-5-9/h6,9-10H,3-5,7,13H2,1-2H3,(H,14,15,16). The molecule has 5 nitrogen and oxygen atoms in total. The van der Waals surface area contributed by atoms with Gasteiger partial charge in [0.25, 0.3) is 0 Å². The average Bonchev–Trinajstić information content (AvgIpc) is 3.09. The highest BCUT2D eigenvalue weighted by Crippen LogP contribution is 2.31. The monoisotopic (exact) mass is 236 g/mol. The lowest BCUT2D eigenvalue weighted by Crippen LogP contribution is -2.31. The summed E-state index contributed by atoms with van der Waals surface area (Å²) in [5.41, 5.74) is 6.02. The van der Waals surface area contributed by atoms with Crippen molar-refractivity contribution in [1.29, 1.82) is 0 Å². The van der Waals surface area contributed by atoms with Crippen molar-refractivity contribution < 1.29 is 4.74 Å². The molecule has 1 atom stereocenters. The first-order chi connectivity index (χ1) is 8.19. The van der Waals surface area contributed by atoms with Crippen molar-refractivity contribution in [3.05, 3.63) is 11.9 Å². The van der Waals surface area contributed by atoms with Crippen LogP contribution < -0.4 is 15.8 Å². The van der Waals surface area contributed by atoms with Crippen LogP contribution in [0.1, 0.15) is 25.6 Å². The molecule has 1 aliphatic carbocycles. The van der Waals surface area contributed by atoms with Crippen LogP contribution in [0.15, 0.2) is 6.07 Å². The first kappa shape index (κ1) is 12.1. The van der Waals surface area contributed by atoms with Crippen molar-refractivity contribution in [1.82, 2.24) is 9.97 Å². The third-order valence-electron chi connectivity index (χ3n) is 2.85. The summed E-state index contributed by atoms with van der Waals surface area (Å²) in [4.78, 5) is 8.50. The number of aromatic nitrogens is 2. The number of hydrogen-bond donors (Lipinski definition) is 2. The Morgan fingerprint density at radius 2 is 2.29 bits per heavy atom. The fourth-order valence-corrected chi connectivity index (χ4v) is 1.77. The summed E-state index contributed by atoms with van der Waals surface area (Å²) in [6.07, 6.45) is 2.52. The molecule has 1 unspecified atom stereocenters. The summed E-state index contributed by atoms with van der Waals surface area (Å²) in [6, 6.07) is 2.04. The summed E-state index contributed by atoms with van der Waals surface area (Å²) in [5.74, 6) is 2.80. The zero-order valence-electron chi connectivity index (χ0n) is 10.4. The molecule has 0 radical (unpaired) electrons. The number of nitrogens with one attached hydrogen (secondary N) is 1. The number of nitrogens with two attached hydrogens (primary N) is 1. The van der Waals surface area contributed by atoms with E-state index in [1.807, 2.05) is 19.9 Å². The molecule has 1 fully saturated rings. The number of hydrogen-bond acceptors (Lipinski definition) is 5. The molecule has 5 heteroatoms. The first-order valence-electron chi connectivity index (χ1n) is 6.17. The van der Waals surface area contributed by atoms with Crippen molar-refractivity contribution in [3.63, 3.8) is 0 Å².